The molecule has 0 saturated heterocycles. The van der Waals surface area contributed by atoms with E-state index in [0.717, 1.165) is 32.1 Å². The number of halogens is 1. The van der Waals surface area contributed by atoms with Crippen LogP contribution in [-0.4, -0.2) is 28.1 Å². The maximum atomic E-state index is 13.8. The average Bonchev–Trinajstić information content (AvgIpc) is 2.41. The summed E-state index contributed by atoms with van der Waals surface area (Å²) in [4.78, 5) is 11.2. The number of methoxy groups -OCH3 is 1. The Bertz CT molecular complexity index is 615. The van der Waals surface area contributed by atoms with Crippen LogP contribution in [0.3, 0.4) is 0 Å². The minimum Gasteiger partial charge on any atom is -0.492 e. The summed E-state index contributed by atoms with van der Waals surface area (Å²) in [5, 5.41) is 4.98. The number of unbranched alkanes of at least 4 members (excludes halogenated alkanes) is 2. The summed E-state index contributed by atoms with van der Waals surface area (Å²) < 4.78 is 46.2. The van der Waals surface area contributed by atoms with E-state index in [1.807, 2.05) is 6.92 Å². The lowest BCUT2D eigenvalue weighted by molar-refractivity contribution is 0.0497. The molecule has 0 aromatic heterocycles. The lowest BCUT2D eigenvalue weighted by Crippen LogP contribution is -2.16. The first kappa shape index (κ1) is 17.4. The van der Waals surface area contributed by atoms with Crippen LogP contribution in [0.5, 0.6) is 5.75 Å². The molecule has 0 atom stereocenters. The monoisotopic (exact) mass is 319 g/mol. The zero-order valence-electron chi connectivity index (χ0n) is 11.9. The van der Waals surface area contributed by atoms with E-state index in [1.54, 1.807) is 0 Å². The maximum absolute atomic E-state index is 13.8. The fourth-order valence-corrected chi connectivity index (χ4v) is 2.43. The van der Waals surface area contributed by atoms with Crippen LogP contribution in [0.25, 0.3) is 0 Å². The lowest BCUT2D eigenvalue weighted by atomic mass is 10.2. The van der Waals surface area contributed by atoms with Crippen molar-refractivity contribution in [3.8, 4) is 5.75 Å². The standard InChI is InChI=1S/C13H18FNO5S/c1-3-4-5-6-20-13(16)9-7-10(14)12(19-2)11(8-9)21(15,17)18/h7-8H,3-6H2,1-2H3,(H2,15,17,18). The molecule has 0 heterocycles. The van der Waals surface area contributed by atoms with Crippen molar-refractivity contribution in [2.75, 3.05) is 13.7 Å². The first-order valence-corrected chi connectivity index (χ1v) is 7.93. The number of primary sulfonamides is 1. The molecule has 0 aliphatic carbocycles. The van der Waals surface area contributed by atoms with Crippen LogP contribution in [-0.2, 0) is 14.8 Å². The molecule has 0 radical (unpaired) electrons. The summed E-state index contributed by atoms with van der Waals surface area (Å²) in [6.07, 6.45) is 2.54. The zero-order valence-corrected chi connectivity index (χ0v) is 12.7. The van der Waals surface area contributed by atoms with Gasteiger partial charge in [-0.3, -0.25) is 0 Å². The van der Waals surface area contributed by atoms with Crippen molar-refractivity contribution in [2.24, 2.45) is 5.14 Å². The maximum Gasteiger partial charge on any atom is 0.338 e. The molecule has 6 nitrogen and oxygen atoms in total. The highest BCUT2D eigenvalue weighted by Gasteiger charge is 2.23. The predicted octanol–water partition coefficient (Wildman–Crippen LogP) is 1.83. The van der Waals surface area contributed by atoms with E-state index >= 15 is 0 Å². The van der Waals surface area contributed by atoms with Crippen LogP contribution in [0.2, 0.25) is 0 Å². The normalized spacial score (nSPS) is 11.2. The summed E-state index contributed by atoms with van der Waals surface area (Å²) in [5.74, 6) is -2.33. The van der Waals surface area contributed by atoms with Crippen LogP contribution in [0.15, 0.2) is 17.0 Å². The van der Waals surface area contributed by atoms with E-state index in [2.05, 4.69) is 4.74 Å². The van der Waals surface area contributed by atoms with Crippen molar-refractivity contribution < 1.29 is 27.1 Å². The molecule has 0 bridgehead atoms. The zero-order chi connectivity index (χ0) is 16.0. The highest BCUT2D eigenvalue weighted by atomic mass is 32.2. The molecule has 0 fully saturated rings. The smallest absolute Gasteiger partial charge is 0.338 e. The first-order valence-electron chi connectivity index (χ1n) is 6.38. The van der Waals surface area contributed by atoms with Crippen LogP contribution in [0.4, 0.5) is 4.39 Å². The fraction of sp³-hybridized carbons (Fsp3) is 0.462. The second kappa shape index (κ2) is 7.37. The Morgan fingerprint density at radius 3 is 2.52 bits per heavy atom. The van der Waals surface area contributed by atoms with Crippen molar-refractivity contribution in [1.29, 1.82) is 0 Å². The molecule has 118 valence electrons. The number of benzene rings is 1. The molecule has 0 saturated carbocycles. The van der Waals surface area contributed by atoms with Gasteiger partial charge in [0.05, 0.1) is 19.3 Å². The van der Waals surface area contributed by atoms with Gasteiger partial charge in [-0.25, -0.2) is 22.7 Å². The van der Waals surface area contributed by atoms with Gasteiger partial charge in [-0.2, -0.15) is 0 Å². The summed E-state index contributed by atoms with van der Waals surface area (Å²) in [5.41, 5.74) is -0.228. The fourth-order valence-electron chi connectivity index (χ4n) is 1.70. The molecule has 21 heavy (non-hydrogen) atoms. The Hall–Kier alpha value is -1.67. The second-order valence-electron chi connectivity index (χ2n) is 4.38. The summed E-state index contributed by atoms with van der Waals surface area (Å²) in [7, 11) is -3.12. The number of rotatable bonds is 7. The Kier molecular flexibility index (Phi) is 6.10. The third-order valence-electron chi connectivity index (χ3n) is 2.74. The van der Waals surface area contributed by atoms with Crippen molar-refractivity contribution in [2.45, 2.75) is 31.1 Å². The van der Waals surface area contributed by atoms with E-state index in [0.29, 0.717) is 6.42 Å². The molecular formula is C13H18FNO5S. The van der Waals surface area contributed by atoms with Crippen molar-refractivity contribution in [3.63, 3.8) is 0 Å². The minimum absolute atomic E-state index is 0.186. The summed E-state index contributed by atoms with van der Waals surface area (Å²) >= 11 is 0. The van der Waals surface area contributed by atoms with E-state index < -0.39 is 32.5 Å². The third-order valence-corrected chi connectivity index (χ3v) is 3.65. The van der Waals surface area contributed by atoms with Gasteiger partial charge in [0.1, 0.15) is 4.90 Å². The number of nitrogens with two attached hydrogens (primary N) is 1. The highest BCUT2D eigenvalue weighted by Crippen LogP contribution is 2.28. The molecule has 0 aliphatic heterocycles. The van der Waals surface area contributed by atoms with Crippen molar-refractivity contribution in [1.82, 2.24) is 0 Å². The Morgan fingerprint density at radius 2 is 2.00 bits per heavy atom. The van der Waals surface area contributed by atoms with Gasteiger partial charge >= 0.3 is 5.97 Å². The Labute approximate surface area is 123 Å². The SMILES string of the molecule is CCCCCOC(=O)c1cc(F)c(OC)c(S(N)(=O)=O)c1. The third kappa shape index (κ3) is 4.68. The number of carbonyl (C=O) groups excluding carboxylic acids is 1. The molecule has 2 N–H and O–H groups in total. The van der Waals surface area contributed by atoms with E-state index in [1.165, 1.54) is 0 Å². The Morgan fingerprint density at radius 1 is 1.33 bits per heavy atom. The van der Waals surface area contributed by atoms with Crippen LogP contribution >= 0.6 is 0 Å². The number of hydrogen-bond donors (Lipinski definition) is 1. The molecule has 0 aliphatic rings. The molecule has 1 aromatic rings. The van der Waals surface area contributed by atoms with Gasteiger partial charge < -0.3 is 9.47 Å². The molecular weight excluding hydrogens is 301 g/mol. The van der Waals surface area contributed by atoms with Crippen LogP contribution < -0.4 is 9.88 Å². The number of hydrogen-bond acceptors (Lipinski definition) is 5. The summed E-state index contributed by atoms with van der Waals surface area (Å²) in [6, 6.07) is 1.80. The number of sulfonamides is 1. The van der Waals surface area contributed by atoms with Gasteiger partial charge in [-0.15, -0.1) is 0 Å². The van der Waals surface area contributed by atoms with Crippen LogP contribution in [0, 0.1) is 5.82 Å². The van der Waals surface area contributed by atoms with Crippen molar-refractivity contribution in [3.05, 3.63) is 23.5 Å². The number of ether oxygens (including phenoxy) is 2. The molecule has 0 spiro atoms. The topological polar surface area (TPSA) is 95.7 Å². The van der Waals surface area contributed by atoms with Gasteiger partial charge in [-0.05, 0) is 18.6 Å². The Balaban J connectivity index is 3.04. The highest BCUT2D eigenvalue weighted by molar-refractivity contribution is 7.89. The predicted molar refractivity (Wildman–Crippen MR) is 74.1 cm³/mol. The molecule has 1 rings (SSSR count). The van der Waals surface area contributed by atoms with Crippen LogP contribution in [0.1, 0.15) is 36.5 Å². The molecule has 8 heteroatoms. The largest absolute Gasteiger partial charge is 0.492 e. The lowest BCUT2D eigenvalue weighted by Gasteiger charge is -2.10. The van der Waals surface area contributed by atoms with Gasteiger partial charge in [0.2, 0.25) is 10.0 Å². The number of esters is 1. The van der Waals surface area contributed by atoms with E-state index in [-0.39, 0.29) is 12.2 Å². The molecule has 1 aromatic carbocycles. The molecule has 0 unspecified atom stereocenters. The first-order chi connectivity index (χ1) is 9.81. The van der Waals surface area contributed by atoms with Gasteiger partial charge in [0.25, 0.3) is 0 Å². The van der Waals surface area contributed by atoms with Gasteiger partial charge in [0.15, 0.2) is 11.6 Å². The van der Waals surface area contributed by atoms with Gasteiger partial charge in [-0.1, -0.05) is 19.8 Å². The second-order valence-corrected chi connectivity index (χ2v) is 5.91. The van der Waals surface area contributed by atoms with Gasteiger partial charge in [0, 0.05) is 0 Å². The van der Waals surface area contributed by atoms with E-state index in [4.69, 9.17) is 9.88 Å². The minimum atomic E-state index is -4.23. The quantitative estimate of drug-likeness (QED) is 0.611. The van der Waals surface area contributed by atoms with Crippen molar-refractivity contribution >= 4 is 16.0 Å². The average molecular weight is 319 g/mol. The van der Waals surface area contributed by atoms with E-state index in [9.17, 15) is 17.6 Å². The number of carbonyl (C=O) groups is 1. The summed E-state index contributed by atoms with van der Waals surface area (Å²) in [6.45, 7) is 2.18. The molecule has 0 amide bonds.